The van der Waals surface area contributed by atoms with Crippen LogP contribution >= 0.6 is 11.6 Å². The summed E-state index contributed by atoms with van der Waals surface area (Å²) in [6.07, 6.45) is 2.68. The third-order valence-electron chi connectivity index (χ3n) is 4.17. The van der Waals surface area contributed by atoms with Gasteiger partial charge < -0.3 is 9.67 Å². The lowest BCUT2D eigenvalue weighted by molar-refractivity contribution is 0.0685. The molecule has 2 aromatic carbocycles. The molecule has 24 heavy (non-hydrogen) atoms. The first kappa shape index (κ1) is 16.5. The number of aryl methyl sites for hydroxylation is 1. The molecule has 0 aliphatic carbocycles. The second kappa shape index (κ2) is 7.05. The molecule has 1 aromatic heterocycles. The molecule has 4 nitrogen and oxygen atoms in total. The van der Waals surface area contributed by atoms with Crippen LogP contribution in [0.4, 0.5) is 0 Å². The lowest BCUT2D eigenvalue weighted by Gasteiger charge is -2.12. The molecule has 0 amide bonds. The van der Waals surface area contributed by atoms with Gasteiger partial charge >= 0.3 is 5.97 Å². The van der Waals surface area contributed by atoms with Crippen molar-refractivity contribution in [3.05, 3.63) is 64.7 Å². The molecule has 0 bridgehead atoms. The molecular weight excluding hydrogens is 324 g/mol. The Morgan fingerprint density at radius 2 is 1.96 bits per heavy atom. The molecule has 124 valence electrons. The number of benzene rings is 2. The summed E-state index contributed by atoms with van der Waals surface area (Å²) in [4.78, 5) is 15.9. The Kier molecular flexibility index (Phi) is 4.86. The molecule has 0 aliphatic rings. The number of carboxylic acid groups (broad SMARTS) is 1. The number of fused-ring (bicyclic) bond motifs is 1. The average Bonchev–Trinajstić information content (AvgIpc) is 2.89. The third kappa shape index (κ3) is 3.15. The van der Waals surface area contributed by atoms with Gasteiger partial charge in [-0.25, -0.2) is 9.78 Å². The van der Waals surface area contributed by atoms with Gasteiger partial charge in [-0.1, -0.05) is 67.4 Å². The zero-order valence-corrected chi connectivity index (χ0v) is 14.3. The minimum Gasteiger partial charge on any atom is -0.476 e. The number of carboxylic acids is 1. The monoisotopic (exact) mass is 342 g/mol. The Labute approximate surface area is 145 Å². The van der Waals surface area contributed by atoms with Crippen LogP contribution in [-0.4, -0.2) is 20.6 Å². The number of aromatic carboxylic acids is 1. The molecule has 3 aromatic rings. The van der Waals surface area contributed by atoms with Gasteiger partial charge in [0.15, 0.2) is 10.8 Å². The summed E-state index contributed by atoms with van der Waals surface area (Å²) in [7, 11) is 0. The summed E-state index contributed by atoms with van der Waals surface area (Å²) < 4.78 is 1.74. The summed E-state index contributed by atoms with van der Waals surface area (Å²) in [5.74, 6) is -0.317. The highest BCUT2D eigenvalue weighted by Crippen LogP contribution is 2.24. The van der Waals surface area contributed by atoms with Crippen LogP contribution in [0.5, 0.6) is 0 Å². The number of hydrogen-bond acceptors (Lipinski definition) is 2. The summed E-state index contributed by atoms with van der Waals surface area (Å²) in [6, 6.07) is 14.1. The number of halogens is 1. The van der Waals surface area contributed by atoms with E-state index in [1.807, 2.05) is 24.3 Å². The Balaban J connectivity index is 2.09. The quantitative estimate of drug-likeness (QED) is 0.701. The normalized spacial score (nSPS) is 11.1. The highest BCUT2D eigenvalue weighted by molar-refractivity contribution is 6.32. The van der Waals surface area contributed by atoms with Gasteiger partial charge in [0.2, 0.25) is 0 Å². The van der Waals surface area contributed by atoms with E-state index in [0.717, 1.165) is 35.0 Å². The van der Waals surface area contributed by atoms with Crippen molar-refractivity contribution >= 4 is 28.3 Å². The van der Waals surface area contributed by atoms with E-state index in [0.29, 0.717) is 13.0 Å². The second-order valence-electron chi connectivity index (χ2n) is 5.80. The molecule has 0 fully saturated rings. The van der Waals surface area contributed by atoms with E-state index in [9.17, 15) is 9.90 Å². The Morgan fingerprint density at radius 3 is 2.71 bits per heavy atom. The van der Waals surface area contributed by atoms with E-state index in [-0.39, 0.29) is 10.8 Å². The van der Waals surface area contributed by atoms with Gasteiger partial charge in [0, 0.05) is 6.42 Å². The molecule has 0 atom stereocenters. The number of hydrogen-bond donors (Lipinski definition) is 1. The first-order valence-corrected chi connectivity index (χ1v) is 8.44. The van der Waals surface area contributed by atoms with Crippen LogP contribution in [-0.2, 0) is 13.0 Å². The van der Waals surface area contributed by atoms with Crippen molar-refractivity contribution < 1.29 is 9.90 Å². The summed E-state index contributed by atoms with van der Waals surface area (Å²) in [5, 5.41) is 11.8. The smallest absolute Gasteiger partial charge is 0.355 e. The third-order valence-corrected chi connectivity index (χ3v) is 4.43. The maximum Gasteiger partial charge on any atom is 0.355 e. The maximum absolute atomic E-state index is 11.6. The summed E-state index contributed by atoms with van der Waals surface area (Å²) in [6.45, 7) is 2.54. The van der Waals surface area contributed by atoms with Crippen molar-refractivity contribution in [2.75, 3.05) is 0 Å². The largest absolute Gasteiger partial charge is 0.476 e. The fourth-order valence-electron chi connectivity index (χ4n) is 2.97. The van der Waals surface area contributed by atoms with Crippen LogP contribution in [0.3, 0.4) is 0 Å². The van der Waals surface area contributed by atoms with Gasteiger partial charge in [0.05, 0.1) is 6.54 Å². The van der Waals surface area contributed by atoms with E-state index in [1.165, 1.54) is 0 Å². The van der Waals surface area contributed by atoms with Crippen LogP contribution in [0.15, 0.2) is 42.5 Å². The van der Waals surface area contributed by atoms with Crippen LogP contribution in [0.1, 0.15) is 41.6 Å². The van der Waals surface area contributed by atoms with Crippen molar-refractivity contribution in [3.8, 4) is 0 Å². The van der Waals surface area contributed by atoms with E-state index in [4.69, 9.17) is 11.6 Å². The standard InChI is InChI=1S/C19H19ClN2O2/c1-2-3-11-16-21-18(20)17(19(23)24)22(16)12-14-9-6-8-13-7-4-5-10-15(13)14/h4-10H,2-3,11-12H2,1H3,(H,23,24). The zero-order chi connectivity index (χ0) is 17.1. The van der Waals surface area contributed by atoms with E-state index < -0.39 is 5.97 Å². The molecule has 0 aliphatic heterocycles. The number of rotatable bonds is 6. The molecule has 0 saturated carbocycles. The van der Waals surface area contributed by atoms with E-state index in [1.54, 1.807) is 4.57 Å². The van der Waals surface area contributed by atoms with Crippen molar-refractivity contribution in [1.29, 1.82) is 0 Å². The summed E-state index contributed by atoms with van der Waals surface area (Å²) >= 11 is 6.10. The van der Waals surface area contributed by atoms with Crippen molar-refractivity contribution in [2.45, 2.75) is 32.7 Å². The number of carbonyl (C=O) groups is 1. The van der Waals surface area contributed by atoms with Crippen LogP contribution in [0.2, 0.25) is 5.15 Å². The first-order valence-electron chi connectivity index (χ1n) is 8.06. The molecule has 0 spiro atoms. The van der Waals surface area contributed by atoms with Gasteiger partial charge in [0.1, 0.15) is 5.82 Å². The second-order valence-corrected chi connectivity index (χ2v) is 6.16. The van der Waals surface area contributed by atoms with Gasteiger partial charge in [-0.05, 0) is 22.8 Å². The van der Waals surface area contributed by atoms with Gasteiger partial charge in [-0.2, -0.15) is 0 Å². The van der Waals surface area contributed by atoms with Crippen LogP contribution < -0.4 is 0 Å². The molecule has 0 saturated heterocycles. The van der Waals surface area contributed by atoms with Crippen LogP contribution in [0, 0.1) is 0 Å². The predicted octanol–water partition coefficient (Wildman–Crippen LogP) is 4.78. The van der Waals surface area contributed by atoms with Crippen molar-refractivity contribution in [1.82, 2.24) is 9.55 Å². The molecule has 3 rings (SSSR count). The first-order chi connectivity index (χ1) is 11.6. The maximum atomic E-state index is 11.6. The van der Waals surface area contributed by atoms with Gasteiger partial charge in [0.25, 0.3) is 0 Å². The highest BCUT2D eigenvalue weighted by atomic mass is 35.5. The predicted molar refractivity (Wildman–Crippen MR) is 95.9 cm³/mol. The van der Waals surface area contributed by atoms with Crippen molar-refractivity contribution in [2.24, 2.45) is 0 Å². The number of imidazole rings is 1. The molecule has 1 heterocycles. The number of unbranched alkanes of at least 4 members (excludes halogenated alkanes) is 1. The minimum atomic E-state index is -1.05. The zero-order valence-electron chi connectivity index (χ0n) is 13.5. The molecular formula is C19H19ClN2O2. The molecule has 1 N–H and O–H groups in total. The van der Waals surface area contributed by atoms with E-state index >= 15 is 0 Å². The Morgan fingerprint density at radius 1 is 1.21 bits per heavy atom. The van der Waals surface area contributed by atoms with Gasteiger partial charge in [-0.15, -0.1) is 0 Å². The average molecular weight is 343 g/mol. The fraction of sp³-hybridized carbons (Fsp3) is 0.263. The number of aromatic nitrogens is 2. The number of nitrogens with zero attached hydrogens (tertiary/aromatic N) is 2. The topological polar surface area (TPSA) is 55.1 Å². The fourth-order valence-corrected chi connectivity index (χ4v) is 3.25. The molecule has 0 unspecified atom stereocenters. The van der Waals surface area contributed by atoms with Crippen molar-refractivity contribution in [3.63, 3.8) is 0 Å². The molecule has 0 radical (unpaired) electrons. The lowest BCUT2D eigenvalue weighted by Crippen LogP contribution is -2.13. The SMILES string of the molecule is CCCCc1nc(Cl)c(C(=O)O)n1Cc1cccc2ccccc12. The Bertz CT molecular complexity index is 881. The lowest BCUT2D eigenvalue weighted by atomic mass is 10.0. The summed E-state index contributed by atoms with van der Waals surface area (Å²) in [5.41, 5.74) is 1.12. The van der Waals surface area contributed by atoms with Gasteiger partial charge in [-0.3, -0.25) is 0 Å². The molecule has 5 heteroatoms. The Hall–Kier alpha value is -2.33. The van der Waals surface area contributed by atoms with E-state index in [2.05, 4.69) is 30.1 Å². The highest BCUT2D eigenvalue weighted by Gasteiger charge is 2.21. The minimum absolute atomic E-state index is 0.0637. The van der Waals surface area contributed by atoms with Crippen LogP contribution in [0.25, 0.3) is 10.8 Å².